The van der Waals surface area contributed by atoms with E-state index < -0.39 is 0 Å². The van der Waals surface area contributed by atoms with E-state index in [1.54, 1.807) is 19.0 Å². The molecule has 2 aliphatic rings. The minimum absolute atomic E-state index is 0. The lowest BCUT2D eigenvalue weighted by Crippen LogP contribution is -2.53. The van der Waals surface area contributed by atoms with Gasteiger partial charge in [0.25, 0.3) is 0 Å². The fraction of sp³-hybridized carbons (Fsp3) is 0.600. The lowest BCUT2D eigenvalue weighted by Gasteiger charge is -2.38. The van der Waals surface area contributed by atoms with Crippen LogP contribution in [0.15, 0.2) is 35.3 Å². The van der Waals surface area contributed by atoms with Crippen LogP contribution in [-0.4, -0.2) is 87.7 Å². The number of guanidine groups is 1. The number of rotatable bonds is 5. The van der Waals surface area contributed by atoms with Crippen LogP contribution in [0, 0.1) is 0 Å². The number of nitrogens with zero attached hydrogens (tertiary/aromatic N) is 4. The zero-order valence-corrected chi connectivity index (χ0v) is 19.2. The van der Waals surface area contributed by atoms with Crippen molar-refractivity contribution in [1.29, 1.82) is 0 Å². The van der Waals surface area contributed by atoms with E-state index in [1.165, 1.54) is 5.69 Å². The lowest BCUT2D eigenvalue weighted by atomic mass is 10.2. The molecule has 2 fully saturated rings. The molecule has 1 unspecified atom stereocenters. The molecule has 28 heavy (non-hydrogen) atoms. The monoisotopic (exact) mass is 501 g/mol. The first kappa shape index (κ1) is 22.7. The van der Waals surface area contributed by atoms with Crippen molar-refractivity contribution in [2.75, 3.05) is 64.9 Å². The maximum absolute atomic E-state index is 12.0. The Bertz CT molecular complexity index is 627. The maximum Gasteiger partial charge on any atom is 0.243 e. The zero-order chi connectivity index (χ0) is 19.1. The fourth-order valence-corrected chi connectivity index (χ4v) is 3.38. The molecule has 1 atom stereocenters. The number of carbonyl (C=O) groups is 1. The molecule has 0 aromatic heterocycles. The number of carbonyl (C=O) groups excluding carboxylic acids is 1. The number of likely N-dealkylation sites (N-methyl/N-ethyl adjacent to an activating group) is 1. The topological polar surface area (TPSA) is 60.4 Å². The van der Waals surface area contributed by atoms with Gasteiger partial charge in [0.05, 0.1) is 6.10 Å². The van der Waals surface area contributed by atoms with Crippen LogP contribution in [0.4, 0.5) is 5.69 Å². The Kier molecular flexibility index (Phi) is 9.30. The molecule has 1 aromatic rings. The van der Waals surface area contributed by atoms with Gasteiger partial charge in [0, 0.05) is 59.1 Å². The van der Waals surface area contributed by atoms with Crippen LogP contribution in [0.25, 0.3) is 0 Å². The summed E-state index contributed by atoms with van der Waals surface area (Å²) >= 11 is 0. The summed E-state index contributed by atoms with van der Waals surface area (Å²) in [6.07, 6.45) is 2.44. The molecule has 0 saturated carbocycles. The molecule has 1 amide bonds. The third-order valence-electron chi connectivity index (χ3n) is 5.08. The molecule has 7 nitrogen and oxygen atoms in total. The van der Waals surface area contributed by atoms with Gasteiger partial charge in [-0.1, -0.05) is 18.2 Å². The van der Waals surface area contributed by atoms with Crippen molar-refractivity contribution in [3.63, 3.8) is 0 Å². The highest BCUT2D eigenvalue weighted by molar-refractivity contribution is 14.0. The Morgan fingerprint density at radius 1 is 1.21 bits per heavy atom. The smallest absolute Gasteiger partial charge is 0.243 e. The lowest BCUT2D eigenvalue weighted by molar-refractivity contribution is -0.127. The summed E-state index contributed by atoms with van der Waals surface area (Å²) in [6, 6.07) is 10.5. The van der Waals surface area contributed by atoms with Gasteiger partial charge in [-0.25, -0.2) is 4.99 Å². The molecule has 0 bridgehead atoms. The average Bonchev–Trinajstić information content (AvgIpc) is 3.22. The Labute approximate surface area is 185 Å². The second kappa shape index (κ2) is 11.5. The first-order chi connectivity index (χ1) is 13.1. The highest BCUT2D eigenvalue weighted by Gasteiger charge is 2.22. The number of aliphatic imine (C=N–C) groups is 1. The summed E-state index contributed by atoms with van der Waals surface area (Å²) in [4.78, 5) is 22.8. The second-order valence-corrected chi connectivity index (χ2v) is 7.25. The molecule has 1 aromatic carbocycles. The van der Waals surface area contributed by atoms with Gasteiger partial charge in [-0.05, 0) is 25.0 Å². The largest absolute Gasteiger partial charge is 0.376 e. The quantitative estimate of drug-likeness (QED) is 0.378. The van der Waals surface area contributed by atoms with Crippen LogP contribution in [0.2, 0.25) is 0 Å². The number of hydrogen-bond donors (Lipinski definition) is 1. The van der Waals surface area contributed by atoms with E-state index in [9.17, 15) is 4.79 Å². The molecular formula is C20H32IN5O2. The predicted molar refractivity (Wildman–Crippen MR) is 124 cm³/mol. The van der Waals surface area contributed by atoms with Gasteiger partial charge in [-0.3, -0.25) is 4.79 Å². The Morgan fingerprint density at radius 2 is 1.93 bits per heavy atom. The molecule has 0 spiro atoms. The molecule has 2 saturated heterocycles. The van der Waals surface area contributed by atoms with Gasteiger partial charge in [-0.15, -0.1) is 24.0 Å². The van der Waals surface area contributed by atoms with E-state index in [1.807, 2.05) is 6.07 Å². The number of halogens is 1. The van der Waals surface area contributed by atoms with Crippen LogP contribution in [0.1, 0.15) is 12.8 Å². The molecule has 8 heteroatoms. The second-order valence-electron chi connectivity index (χ2n) is 7.25. The minimum Gasteiger partial charge on any atom is -0.376 e. The zero-order valence-electron chi connectivity index (χ0n) is 16.8. The fourth-order valence-electron chi connectivity index (χ4n) is 3.38. The molecule has 2 heterocycles. The van der Waals surface area contributed by atoms with E-state index in [4.69, 9.17) is 4.74 Å². The molecule has 156 valence electrons. The van der Waals surface area contributed by atoms with Gasteiger partial charge in [-0.2, -0.15) is 0 Å². The highest BCUT2D eigenvalue weighted by Crippen LogP contribution is 2.16. The van der Waals surface area contributed by atoms with Gasteiger partial charge in [0.2, 0.25) is 5.91 Å². The summed E-state index contributed by atoms with van der Waals surface area (Å²) in [6.45, 7) is 5.38. The summed E-state index contributed by atoms with van der Waals surface area (Å²) in [5.41, 5.74) is 1.26. The van der Waals surface area contributed by atoms with Crippen LogP contribution in [-0.2, 0) is 9.53 Å². The number of nitrogens with one attached hydrogen (secondary N) is 1. The molecule has 0 radical (unpaired) electrons. The van der Waals surface area contributed by atoms with Crippen molar-refractivity contribution in [3.05, 3.63) is 30.3 Å². The number of para-hydroxylation sites is 1. The summed E-state index contributed by atoms with van der Waals surface area (Å²) in [5, 5.41) is 3.44. The van der Waals surface area contributed by atoms with Crippen molar-refractivity contribution in [1.82, 2.24) is 15.1 Å². The molecular weight excluding hydrogens is 469 g/mol. The van der Waals surface area contributed by atoms with Gasteiger partial charge in [0.15, 0.2) is 5.96 Å². The number of hydrogen-bond acceptors (Lipinski definition) is 4. The van der Waals surface area contributed by atoms with Crippen LogP contribution in [0.3, 0.4) is 0 Å². The van der Waals surface area contributed by atoms with Gasteiger partial charge < -0.3 is 24.8 Å². The predicted octanol–water partition coefficient (Wildman–Crippen LogP) is 1.64. The Morgan fingerprint density at radius 3 is 2.54 bits per heavy atom. The molecule has 3 rings (SSSR count). The Hall–Kier alpha value is -1.55. The van der Waals surface area contributed by atoms with E-state index in [0.717, 1.165) is 58.1 Å². The molecule has 0 aliphatic carbocycles. The van der Waals surface area contributed by atoms with Crippen molar-refractivity contribution in [2.24, 2.45) is 4.99 Å². The van der Waals surface area contributed by atoms with Crippen molar-refractivity contribution < 1.29 is 9.53 Å². The molecule has 1 N–H and O–H groups in total. The van der Waals surface area contributed by atoms with E-state index in [2.05, 4.69) is 44.4 Å². The van der Waals surface area contributed by atoms with Crippen LogP contribution < -0.4 is 10.2 Å². The summed E-state index contributed by atoms with van der Waals surface area (Å²) < 4.78 is 5.71. The van der Waals surface area contributed by atoms with Crippen molar-refractivity contribution >= 4 is 41.5 Å². The van der Waals surface area contributed by atoms with Crippen LogP contribution >= 0.6 is 24.0 Å². The number of benzene rings is 1. The van der Waals surface area contributed by atoms with E-state index in [0.29, 0.717) is 0 Å². The maximum atomic E-state index is 12.0. The van der Waals surface area contributed by atoms with E-state index in [-0.39, 0.29) is 42.5 Å². The number of piperazine rings is 1. The SMILES string of the molecule is CN(C)C(=O)CN=C(NCC1CCCO1)N1CCN(c2ccccc2)CC1.I. The van der Waals surface area contributed by atoms with Gasteiger partial charge >= 0.3 is 0 Å². The first-order valence-electron chi connectivity index (χ1n) is 9.78. The number of anilines is 1. The minimum atomic E-state index is 0. The third kappa shape index (κ3) is 6.51. The number of ether oxygens (including phenoxy) is 1. The first-order valence-corrected chi connectivity index (χ1v) is 9.78. The van der Waals surface area contributed by atoms with Crippen LogP contribution in [0.5, 0.6) is 0 Å². The Balaban J connectivity index is 0.00000280. The highest BCUT2D eigenvalue weighted by atomic mass is 127. The normalized spacial score (nSPS) is 19.9. The van der Waals surface area contributed by atoms with Crippen molar-refractivity contribution in [2.45, 2.75) is 18.9 Å². The molecule has 2 aliphatic heterocycles. The summed E-state index contributed by atoms with van der Waals surface area (Å²) in [7, 11) is 3.52. The average molecular weight is 501 g/mol. The van der Waals surface area contributed by atoms with Gasteiger partial charge in [0.1, 0.15) is 6.54 Å². The number of amides is 1. The third-order valence-corrected chi connectivity index (χ3v) is 5.08. The standard InChI is InChI=1S/C20H31N5O2.HI/c1-23(2)19(26)16-22-20(21-15-18-9-6-14-27-18)25-12-10-24(11-13-25)17-7-4-3-5-8-17;/h3-5,7-8,18H,6,9-16H2,1-2H3,(H,21,22);1H. The van der Waals surface area contributed by atoms with E-state index >= 15 is 0 Å². The summed E-state index contributed by atoms with van der Waals surface area (Å²) in [5.74, 6) is 0.822. The van der Waals surface area contributed by atoms with Crippen molar-refractivity contribution in [3.8, 4) is 0 Å².